The summed E-state index contributed by atoms with van der Waals surface area (Å²) in [5.74, 6) is -0.225. The molecule has 0 aliphatic carbocycles. The maximum Gasteiger partial charge on any atom is 0.282 e. The largest absolute Gasteiger partial charge is 0.378 e. The summed E-state index contributed by atoms with van der Waals surface area (Å²) in [4.78, 5) is 28.3. The second-order valence-corrected chi connectivity index (χ2v) is 8.18. The van der Waals surface area contributed by atoms with Crippen LogP contribution < -0.4 is 20.4 Å². The van der Waals surface area contributed by atoms with Gasteiger partial charge in [0.15, 0.2) is 12.6 Å². The Morgan fingerprint density at radius 1 is 1.06 bits per heavy atom. The van der Waals surface area contributed by atoms with E-state index in [0.29, 0.717) is 0 Å². The Morgan fingerprint density at radius 2 is 1.74 bits per heavy atom. The molecule has 2 aromatic carbocycles. The standard InChI is InChI=1S/C24H32N4O3/c1-17-6-5-7-22(18(17)2)26-23(29)16-27(4)19(3)24(30)25-20-8-10-21(11-9-20)28-12-14-31-15-13-28/h5-11,19H,12-16H2,1-4H3,(H,25,30)(H,26,29)/p+1/t19-/m0/s1. The summed E-state index contributed by atoms with van der Waals surface area (Å²) in [6.07, 6.45) is 0. The highest BCUT2D eigenvalue weighted by Gasteiger charge is 2.24. The molecule has 1 unspecified atom stereocenters. The summed E-state index contributed by atoms with van der Waals surface area (Å²) in [7, 11) is 1.86. The van der Waals surface area contributed by atoms with E-state index in [0.717, 1.165) is 59.4 Å². The van der Waals surface area contributed by atoms with Gasteiger partial charge in [0, 0.05) is 30.2 Å². The molecule has 7 heteroatoms. The van der Waals surface area contributed by atoms with Crippen molar-refractivity contribution in [2.24, 2.45) is 0 Å². The number of benzene rings is 2. The third-order valence-corrected chi connectivity index (χ3v) is 5.96. The normalized spacial score (nSPS) is 15.8. The average Bonchev–Trinajstić information content (AvgIpc) is 2.77. The molecule has 1 heterocycles. The lowest BCUT2D eigenvalue weighted by Gasteiger charge is -2.29. The first-order valence-corrected chi connectivity index (χ1v) is 10.8. The van der Waals surface area contributed by atoms with E-state index >= 15 is 0 Å². The van der Waals surface area contributed by atoms with Crippen LogP contribution in [-0.4, -0.2) is 57.8 Å². The molecule has 1 aliphatic rings. The minimum atomic E-state index is -0.372. The number of carbonyl (C=O) groups excluding carboxylic acids is 2. The van der Waals surface area contributed by atoms with Crippen molar-refractivity contribution in [3.63, 3.8) is 0 Å². The fraction of sp³-hybridized carbons (Fsp3) is 0.417. The quantitative estimate of drug-likeness (QED) is 0.630. The lowest BCUT2D eigenvalue weighted by molar-refractivity contribution is -0.885. The van der Waals surface area contributed by atoms with E-state index < -0.39 is 0 Å². The molecule has 0 bridgehead atoms. The molecule has 3 N–H and O–H groups in total. The van der Waals surface area contributed by atoms with E-state index in [4.69, 9.17) is 4.74 Å². The smallest absolute Gasteiger partial charge is 0.282 e. The third kappa shape index (κ3) is 6.06. The fourth-order valence-corrected chi connectivity index (χ4v) is 3.54. The van der Waals surface area contributed by atoms with E-state index in [-0.39, 0.29) is 24.4 Å². The van der Waals surface area contributed by atoms with Crippen LogP contribution in [0.5, 0.6) is 0 Å². The van der Waals surface area contributed by atoms with Gasteiger partial charge in [0.2, 0.25) is 0 Å². The molecule has 2 amide bonds. The number of morpholine rings is 1. The van der Waals surface area contributed by atoms with Crippen LogP contribution in [0.2, 0.25) is 0 Å². The van der Waals surface area contributed by atoms with Gasteiger partial charge < -0.3 is 25.2 Å². The van der Waals surface area contributed by atoms with E-state index in [1.54, 1.807) is 0 Å². The number of nitrogens with one attached hydrogen (secondary N) is 3. The topological polar surface area (TPSA) is 75.1 Å². The van der Waals surface area contributed by atoms with Gasteiger partial charge in [-0.2, -0.15) is 0 Å². The fourth-order valence-electron chi connectivity index (χ4n) is 3.54. The summed E-state index contributed by atoms with van der Waals surface area (Å²) in [5, 5.41) is 5.92. The van der Waals surface area contributed by atoms with Gasteiger partial charge in [-0.1, -0.05) is 12.1 Å². The van der Waals surface area contributed by atoms with Crippen molar-refractivity contribution in [2.45, 2.75) is 26.8 Å². The van der Waals surface area contributed by atoms with Gasteiger partial charge in [-0.3, -0.25) is 9.59 Å². The first-order chi connectivity index (χ1) is 14.8. The van der Waals surface area contributed by atoms with Crippen molar-refractivity contribution in [1.82, 2.24) is 0 Å². The number of aryl methyl sites for hydroxylation is 1. The van der Waals surface area contributed by atoms with Gasteiger partial charge in [0.25, 0.3) is 11.8 Å². The Labute approximate surface area is 184 Å². The Bertz CT molecular complexity index is 908. The first kappa shape index (κ1) is 22.8. The summed E-state index contributed by atoms with van der Waals surface area (Å²) in [6.45, 7) is 9.27. The minimum Gasteiger partial charge on any atom is -0.378 e. The molecule has 2 aromatic rings. The molecule has 31 heavy (non-hydrogen) atoms. The van der Waals surface area contributed by atoms with Crippen LogP contribution >= 0.6 is 0 Å². The molecule has 0 saturated carbocycles. The van der Waals surface area contributed by atoms with Crippen LogP contribution in [-0.2, 0) is 14.3 Å². The summed E-state index contributed by atoms with van der Waals surface area (Å²) in [5.41, 5.74) is 4.88. The van der Waals surface area contributed by atoms with Gasteiger partial charge in [0.05, 0.1) is 20.3 Å². The highest BCUT2D eigenvalue weighted by molar-refractivity contribution is 5.95. The van der Waals surface area contributed by atoms with E-state index in [1.807, 2.05) is 70.3 Å². The van der Waals surface area contributed by atoms with E-state index in [1.165, 1.54) is 0 Å². The number of likely N-dealkylation sites (N-methyl/N-ethyl adjacent to an activating group) is 1. The second-order valence-electron chi connectivity index (χ2n) is 8.18. The molecule has 1 fully saturated rings. The number of quaternary nitrogens is 1. The van der Waals surface area contributed by atoms with E-state index in [9.17, 15) is 9.59 Å². The molecular weight excluding hydrogens is 392 g/mol. The van der Waals surface area contributed by atoms with Crippen LogP contribution in [0.4, 0.5) is 17.1 Å². The zero-order chi connectivity index (χ0) is 22.4. The molecular formula is C24H33N4O3+. The van der Waals surface area contributed by atoms with Crippen molar-refractivity contribution in [2.75, 3.05) is 55.4 Å². The number of ether oxygens (including phenoxy) is 1. The summed E-state index contributed by atoms with van der Waals surface area (Å²) in [6, 6.07) is 13.3. The maximum absolute atomic E-state index is 12.7. The monoisotopic (exact) mass is 425 g/mol. The molecule has 2 atom stereocenters. The number of amides is 2. The van der Waals surface area contributed by atoms with Crippen LogP contribution in [0, 0.1) is 13.8 Å². The SMILES string of the molecule is Cc1cccc(NC(=O)C[NH+](C)[C@@H](C)C(=O)Nc2ccc(N3CCOCC3)cc2)c1C. The van der Waals surface area contributed by atoms with Crippen molar-refractivity contribution in [3.05, 3.63) is 53.6 Å². The zero-order valence-electron chi connectivity index (χ0n) is 18.8. The Kier molecular flexibility index (Phi) is 7.65. The van der Waals surface area contributed by atoms with Gasteiger partial charge >= 0.3 is 0 Å². The molecule has 0 aromatic heterocycles. The van der Waals surface area contributed by atoms with Gasteiger partial charge in [-0.25, -0.2) is 0 Å². The van der Waals surface area contributed by atoms with E-state index in [2.05, 4.69) is 15.5 Å². The molecule has 0 radical (unpaired) electrons. The predicted octanol–water partition coefficient (Wildman–Crippen LogP) is 1.62. The predicted molar refractivity (Wildman–Crippen MR) is 124 cm³/mol. The molecule has 1 aliphatic heterocycles. The van der Waals surface area contributed by atoms with Gasteiger partial charge in [-0.15, -0.1) is 0 Å². The summed E-state index contributed by atoms with van der Waals surface area (Å²) >= 11 is 0. The van der Waals surface area contributed by atoms with Crippen molar-refractivity contribution in [3.8, 4) is 0 Å². The Hall–Kier alpha value is -2.90. The molecule has 1 saturated heterocycles. The highest BCUT2D eigenvalue weighted by Crippen LogP contribution is 2.19. The number of nitrogens with zero attached hydrogens (tertiary/aromatic N) is 1. The van der Waals surface area contributed by atoms with Crippen LogP contribution in [0.15, 0.2) is 42.5 Å². The summed E-state index contributed by atoms with van der Waals surface area (Å²) < 4.78 is 5.39. The second kappa shape index (κ2) is 10.4. The number of hydrogen-bond donors (Lipinski definition) is 3. The molecule has 3 rings (SSSR count). The van der Waals surface area contributed by atoms with Crippen molar-refractivity contribution in [1.29, 1.82) is 0 Å². The van der Waals surface area contributed by atoms with Gasteiger partial charge in [0.1, 0.15) is 0 Å². The van der Waals surface area contributed by atoms with Crippen molar-refractivity contribution >= 4 is 28.9 Å². The molecule has 7 nitrogen and oxygen atoms in total. The number of hydrogen-bond acceptors (Lipinski definition) is 4. The zero-order valence-corrected chi connectivity index (χ0v) is 18.8. The molecule has 166 valence electrons. The number of anilines is 3. The number of rotatable bonds is 7. The lowest BCUT2D eigenvalue weighted by atomic mass is 10.1. The van der Waals surface area contributed by atoms with Crippen molar-refractivity contribution < 1.29 is 19.2 Å². The Morgan fingerprint density at radius 3 is 2.42 bits per heavy atom. The maximum atomic E-state index is 12.7. The average molecular weight is 426 g/mol. The third-order valence-electron chi connectivity index (χ3n) is 5.96. The molecule has 0 spiro atoms. The van der Waals surface area contributed by atoms with Crippen LogP contribution in [0.25, 0.3) is 0 Å². The van der Waals surface area contributed by atoms with Gasteiger partial charge in [-0.05, 0) is 62.2 Å². The Balaban J connectivity index is 1.51. The number of carbonyl (C=O) groups is 2. The van der Waals surface area contributed by atoms with Crippen LogP contribution in [0.1, 0.15) is 18.1 Å². The van der Waals surface area contributed by atoms with Crippen LogP contribution in [0.3, 0.4) is 0 Å². The minimum absolute atomic E-state index is 0.110. The highest BCUT2D eigenvalue weighted by atomic mass is 16.5. The first-order valence-electron chi connectivity index (χ1n) is 10.8. The lowest BCUT2D eigenvalue weighted by Crippen LogP contribution is -3.14.